The van der Waals surface area contributed by atoms with Crippen LogP contribution < -0.4 is 5.32 Å². The van der Waals surface area contributed by atoms with Gasteiger partial charge < -0.3 is 14.8 Å². The van der Waals surface area contributed by atoms with E-state index in [9.17, 15) is 14.4 Å². The molecular formula is C24H29N3O5. The van der Waals surface area contributed by atoms with Gasteiger partial charge in [-0.1, -0.05) is 42.5 Å². The van der Waals surface area contributed by atoms with Gasteiger partial charge in [0.2, 0.25) is 0 Å². The maximum absolute atomic E-state index is 13.0. The van der Waals surface area contributed by atoms with Crippen molar-refractivity contribution in [1.29, 1.82) is 0 Å². The molecular weight excluding hydrogens is 410 g/mol. The normalized spacial score (nSPS) is 13.6. The Labute approximate surface area is 188 Å². The van der Waals surface area contributed by atoms with E-state index in [-0.39, 0.29) is 19.1 Å². The molecule has 1 aliphatic heterocycles. The molecule has 0 spiro atoms. The second-order valence-corrected chi connectivity index (χ2v) is 8.50. The van der Waals surface area contributed by atoms with Gasteiger partial charge in [-0.05, 0) is 50.5 Å². The van der Waals surface area contributed by atoms with Crippen molar-refractivity contribution in [2.24, 2.45) is 0 Å². The van der Waals surface area contributed by atoms with Crippen molar-refractivity contribution >= 4 is 18.1 Å². The first-order valence-electron chi connectivity index (χ1n) is 10.6. The van der Waals surface area contributed by atoms with Gasteiger partial charge in [0, 0.05) is 25.2 Å². The summed E-state index contributed by atoms with van der Waals surface area (Å²) in [6.07, 6.45) is -0.360. The van der Waals surface area contributed by atoms with Crippen molar-refractivity contribution in [2.45, 2.75) is 45.9 Å². The standard InChI is InChI=1S/C24H29N3O5/c1-24(2,3)32-22(29)25-16-18-10-12-20(13-11-18)21(28)26-14-7-15-27(26)23(30)31-17-19-8-5-4-6-9-19/h4-6,8-13H,7,14-17H2,1-3H3,(H,25,29). The summed E-state index contributed by atoms with van der Waals surface area (Å²) in [4.78, 5) is 37.3. The third-order valence-electron chi connectivity index (χ3n) is 4.72. The zero-order chi connectivity index (χ0) is 23.1. The lowest BCUT2D eigenvalue weighted by Gasteiger charge is -2.27. The Kier molecular flexibility index (Phi) is 7.35. The molecule has 1 heterocycles. The molecule has 0 bridgehead atoms. The van der Waals surface area contributed by atoms with E-state index in [0.717, 1.165) is 11.1 Å². The Morgan fingerprint density at radius 1 is 0.906 bits per heavy atom. The van der Waals surface area contributed by atoms with Crippen molar-refractivity contribution in [3.8, 4) is 0 Å². The fourth-order valence-electron chi connectivity index (χ4n) is 3.21. The summed E-state index contributed by atoms with van der Waals surface area (Å²) in [6, 6.07) is 16.3. The van der Waals surface area contributed by atoms with Crippen LogP contribution >= 0.6 is 0 Å². The van der Waals surface area contributed by atoms with Gasteiger partial charge in [0.1, 0.15) is 12.2 Å². The van der Waals surface area contributed by atoms with Crippen LogP contribution in [0.2, 0.25) is 0 Å². The van der Waals surface area contributed by atoms with Crippen LogP contribution in [0.1, 0.15) is 48.7 Å². The molecule has 0 saturated carbocycles. The Balaban J connectivity index is 1.55. The molecule has 3 rings (SSSR count). The van der Waals surface area contributed by atoms with Gasteiger partial charge in [0.05, 0.1) is 0 Å². The van der Waals surface area contributed by atoms with Crippen LogP contribution in [0.25, 0.3) is 0 Å². The number of carbonyl (C=O) groups excluding carboxylic acids is 3. The lowest BCUT2D eigenvalue weighted by molar-refractivity contribution is 0.0111. The van der Waals surface area contributed by atoms with Gasteiger partial charge in [0.15, 0.2) is 0 Å². The molecule has 1 aliphatic rings. The summed E-state index contributed by atoms with van der Waals surface area (Å²) < 4.78 is 10.6. The largest absolute Gasteiger partial charge is 0.444 e. The highest BCUT2D eigenvalue weighted by atomic mass is 16.6. The molecule has 8 nitrogen and oxygen atoms in total. The SMILES string of the molecule is CC(C)(C)OC(=O)NCc1ccc(C(=O)N2CCCN2C(=O)OCc2ccccc2)cc1. The average Bonchev–Trinajstić information content (AvgIpc) is 3.25. The summed E-state index contributed by atoms with van der Waals surface area (Å²) in [6.45, 7) is 6.70. The number of rotatable bonds is 5. The number of hydrogen-bond acceptors (Lipinski definition) is 5. The van der Waals surface area contributed by atoms with Gasteiger partial charge in [-0.15, -0.1) is 0 Å². The molecule has 2 aromatic carbocycles. The fraction of sp³-hybridized carbons (Fsp3) is 0.375. The molecule has 1 N–H and O–H groups in total. The smallest absolute Gasteiger partial charge is 0.429 e. The third-order valence-corrected chi connectivity index (χ3v) is 4.72. The summed E-state index contributed by atoms with van der Waals surface area (Å²) in [5, 5.41) is 5.45. The topological polar surface area (TPSA) is 88.2 Å². The molecule has 32 heavy (non-hydrogen) atoms. The summed E-state index contributed by atoms with van der Waals surface area (Å²) in [5.74, 6) is -0.272. The van der Waals surface area contributed by atoms with Gasteiger partial charge in [0.25, 0.3) is 5.91 Å². The predicted molar refractivity (Wildman–Crippen MR) is 119 cm³/mol. The number of hydrogen-bond donors (Lipinski definition) is 1. The van der Waals surface area contributed by atoms with Crippen molar-refractivity contribution in [1.82, 2.24) is 15.3 Å². The molecule has 0 aliphatic carbocycles. The second kappa shape index (κ2) is 10.2. The average molecular weight is 440 g/mol. The number of alkyl carbamates (subject to hydrolysis) is 1. The Morgan fingerprint density at radius 2 is 1.56 bits per heavy atom. The highest BCUT2D eigenvalue weighted by molar-refractivity contribution is 5.95. The van der Waals surface area contributed by atoms with Crippen molar-refractivity contribution in [3.05, 3.63) is 71.3 Å². The zero-order valence-corrected chi connectivity index (χ0v) is 18.7. The Morgan fingerprint density at radius 3 is 2.22 bits per heavy atom. The van der Waals surface area contributed by atoms with Crippen molar-refractivity contribution in [2.75, 3.05) is 13.1 Å². The van der Waals surface area contributed by atoms with E-state index in [4.69, 9.17) is 9.47 Å². The number of amides is 3. The van der Waals surface area contributed by atoms with Crippen LogP contribution in [0.15, 0.2) is 54.6 Å². The first kappa shape index (κ1) is 23.1. The molecule has 1 fully saturated rings. The molecule has 0 aromatic heterocycles. The molecule has 8 heteroatoms. The summed E-state index contributed by atoms with van der Waals surface area (Å²) >= 11 is 0. The highest BCUT2D eigenvalue weighted by Crippen LogP contribution is 2.18. The van der Waals surface area contributed by atoms with Crippen LogP contribution in [0, 0.1) is 0 Å². The zero-order valence-electron chi connectivity index (χ0n) is 18.7. The molecule has 1 saturated heterocycles. The third kappa shape index (κ3) is 6.47. The summed E-state index contributed by atoms with van der Waals surface area (Å²) in [5.41, 5.74) is 1.60. The number of nitrogens with zero attached hydrogens (tertiary/aromatic N) is 2. The second-order valence-electron chi connectivity index (χ2n) is 8.50. The van der Waals surface area contributed by atoms with Crippen LogP contribution in [-0.2, 0) is 22.6 Å². The minimum absolute atomic E-state index is 0.150. The van der Waals surface area contributed by atoms with E-state index in [2.05, 4.69) is 5.32 Å². The minimum Gasteiger partial charge on any atom is -0.444 e. The first-order chi connectivity index (χ1) is 15.2. The van der Waals surface area contributed by atoms with E-state index in [0.29, 0.717) is 25.1 Å². The minimum atomic E-state index is -0.565. The molecule has 170 valence electrons. The van der Waals surface area contributed by atoms with Gasteiger partial charge >= 0.3 is 12.2 Å². The molecule has 0 atom stereocenters. The quantitative estimate of drug-likeness (QED) is 0.757. The molecule has 3 amide bonds. The molecule has 0 radical (unpaired) electrons. The van der Waals surface area contributed by atoms with Crippen LogP contribution in [-0.4, -0.2) is 46.8 Å². The van der Waals surface area contributed by atoms with Crippen LogP contribution in [0.5, 0.6) is 0 Å². The van der Waals surface area contributed by atoms with Crippen molar-refractivity contribution in [3.63, 3.8) is 0 Å². The number of ether oxygens (including phenoxy) is 2. The lowest BCUT2D eigenvalue weighted by Crippen LogP contribution is -2.45. The molecule has 2 aromatic rings. The predicted octanol–water partition coefficient (Wildman–Crippen LogP) is 4.11. The number of nitrogens with one attached hydrogen (secondary N) is 1. The Bertz CT molecular complexity index is 938. The number of carbonyl (C=O) groups is 3. The molecule has 0 unspecified atom stereocenters. The summed E-state index contributed by atoms with van der Waals surface area (Å²) in [7, 11) is 0. The highest BCUT2D eigenvalue weighted by Gasteiger charge is 2.32. The van der Waals surface area contributed by atoms with E-state index >= 15 is 0 Å². The Hall–Kier alpha value is -3.55. The number of hydrazine groups is 1. The maximum Gasteiger partial charge on any atom is 0.429 e. The van der Waals surface area contributed by atoms with Crippen molar-refractivity contribution < 1.29 is 23.9 Å². The fourth-order valence-corrected chi connectivity index (χ4v) is 3.21. The van der Waals surface area contributed by atoms with E-state index in [1.165, 1.54) is 10.0 Å². The van der Waals surface area contributed by atoms with Gasteiger partial charge in [-0.3, -0.25) is 4.79 Å². The van der Waals surface area contributed by atoms with E-state index in [1.54, 1.807) is 45.0 Å². The van der Waals surface area contributed by atoms with E-state index < -0.39 is 17.8 Å². The first-order valence-corrected chi connectivity index (χ1v) is 10.6. The van der Waals surface area contributed by atoms with Crippen LogP contribution in [0.3, 0.4) is 0 Å². The van der Waals surface area contributed by atoms with E-state index in [1.807, 2.05) is 30.3 Å². The lowest BCUT2D eigenvalue weighted by atomic mass is 10.1. The maximum atomic E-state index is 13.0. The van der Waals surface area contributed by atoms with Gasteiger partial charge in [-0.25, -0.2) is 19.6 Å². The monoisotopic (exact) mass is 439 g/mol. The number of benzene rings is 2. The van der Waals surface area contributed by atoms with Crippen LogP contribution in [0.4, 0.5) is 9.59 Å². The van der Waals surface area contributed by atoms with Gasteiger partial charge in [-0.2, -0.15) is 0 Å².